The van der Waals surface area contributed by atoms with Crippen molar-refractivity contribution in [3.8, 4) is 5.69 Å². The number of hydrogen-bond donors (Lipinski definition) is 3. The monoisotopic (exact) mass is 300 g/mol. The molecule has 1 fully saturated rings. The van der Waals surface area contributed by atoms with Gasteiger partial charge in [0.25, 0.3) is 5.91 Å². The minimum Gasteiger partial charge on any atom is -0.391 e. The smallest absolute Gasteiger partial charge is 0.251 e. The quantitative estimate of drug-likeness (QED) is 0.768. The molecule has 1 aromatic heterocycles. The second-order valence-corrected chi connectivity index (χ2v) is 5.64. The van der Waals surface area contributed by atoms with Gasteiger partial charge in [0.05, 0.1) is 17.5 Å². The van der Waals surface area contributed by atoms with Crippen molar-refractivity contribution in [1.29, 1.82) is 0 Å². The molecule has 1 aliphatic rings. The summed E-state index contributed by atoms with van der Waals surface area (Å²) in [5, 5.41) is 20.0. The molecule has 0 aliphatic carbocycles. The number of aromatic nitrogens is 2. The van der Waals surface area contributed by atoms with Crippen LogP contribution in [0.5, 0.6) is 0 Å². The average molecular weight is 300 g/mol. The number of rotatable bonds is 4. The molecule has 22 heavy (non-hydrogen) atoms. The Balaban J connectivity index is 1.61. The SMILES string of the molecule is Cc1ccn(-c2ccc(C(=O)NCC3CNCC3O)cc2)n1. The van der Waals surface area contributed by atoms with E-state index in [0.717, 1.165) is 17.9 Å². The van der Waals surface area contributed by atoms with Crippen LogP contribution in [0.15, 0.2) is 36.5 Å². The highest BCUT2D eigenvalue weighted by atomic mass is 16.3. The summed E-state index contributed by atoms with van der Waals surface area (Å²) in [6.45, 7) is 3.75. The van der Waals surface area contributed by atoms with Crippen LogP contribution in [-0.2, 0) is 0 Å². The molecule has 1 amide bonds. The molecule has 3 rings (SSSR count). The number of hydrogen-bond acceptors (Lipinski definition) is 4. The fourth-order valence-electron chi connectivity index (χ4n) is 2.58. The van der Waals surface area contributed by atoms with Crippen LogP contribution in [0.2, 0.25) is 0 Å². The van der Waals surface area contributed by atoms with Gasteiger partial charge in [-0.3, -0.25) is 4.79 Å². The highest BCUT2D eigenvalue weighted by molar-refractivity contribution is 5.94. The number of carbonyl (C=O) groups is 1. The number of amides is 1. The van der Waals surface area contributed by atoms with Crippen molar-refractivity contribution >= 4 is 5.91 Å². The van der Waals surface area contributed by atoms with Gasteiger partial charge in [-0.25, -0.2) is 4.68 Å². The second-order valence-electron chi connectivity index (χ2n) is 5.64. The lowest BCUT2D eigenvalue weighted by Crippen LogP contribution is -2.34. The van der Waals surface area contributed by atoms with Crippen molar-refractivity contribution in [3.63, 3.8) is 0 Å². The maximum absolute atomic E-state index is 12.1. The Morgan fingerprint density at radius 1 is 1.36 bits per heavy atom. The van der Waals surface area contributed by atoms with Crippen LogP contribution in [0.25, 0.3) is 5.69 Å². The Morgan fingerprint density at radius 3 is 2.73 bits per heavy atom. The van der Waals surface area contributed by atoms with Crippen LogP contribution in [0, 0.1) is 12.8 Å². The molecule has 2 unspecified atom stereocenters. The first-order valence-electron chi connectivity index (χ1n) is 7.43. The third kappa shape index (κ3) is 3.18. The van der Waals surface area contributed by atoms with Crippen molar-refractivity contribution in [1.82, 2.24) is 20.4 Å². The summed E-state index contributed by atoms with van der Waals surface area (Å²) < 4.78 is 1.78. The molecule has 2 atom stereocenters. The third-order valence-electron chi connectivity index (χ3n) is 3.95. The van der Waals surface area contributed by atoms with Crippen LogP contribution in [-0.4, -0.2) is 46.5 Å². The summed E-state index contributed by atoms with van der Waals surface area (Å²) in [4.78, 5) is 12.1. The fraction of sp³-hybridized carbons (Fsp3) is 0.375. The number of nitrogens with one attached hydrogen (secondary N) is 2. The van der Waals surface area contributed by atoms with E-state index in [-0.39, 0.29) is 17.9 Å². The van der Waals surface area contributed by atoms with Crippen LogP contribution in [0.3, 0.4) is 0 Å². The molecule has 0 saturated carbocycles. The lowest BCUT2D eigenvalue weighted by Gasteiger charge is -2.14. The maximum Gasteiger partial charge on any atom is 0.251 e. The number of aliphatic hydroxyl groups is 1. The van der Waals surface area contributed by atoms with E-state index >= 15 is 0 Å². The van der Waals surface area contributed by atoms with E-state index in [1.54, 1.807) is 16.8 Å². The summed E-state index contributed by atoms with van der Waals surface area (Å²) in [7, 11) is 0. The lowest BCUT2D eigenvalue weighted by molar-refractivity contribution is 0.0927. The topological polar surface area (TPSA) is 79.2 Å². The molecule has 0 bridgehead atoms. The summed E-state index contributed by atoms with van der Waals surface area (Å²) in [6, 6.07) is 9.23. The summed E-state index contributed by atoms with van der Waals surface area (Å²) in [5.41, 5.74) is 2.47. The Bertz CT molecular complexity index is 650. The molecule has 116 valence electrons. The largest absolute Gasteiger partial charge is 0.391 e. The fourth-order valence-corrected chi connectivity index (χ4v) is 2.58. The number of benzene rings is 1. The molecule has 2 heterocycles. The minimum absolute atomic E-state index is 0.0790. The zero-order valence-electron chi connectivity index (χ0n) is 12.5. The van der Waals surface area contributed by atoms with E-state index in [0.29, 0.717) is 18.7 Å². The van der Waals surface area contributed by atoms with Gasteiger partial charge in [-0.2, -0.15) is 5.10 Å². The van der Waals surface area contributed by atoms with E-state index in [9.17, 15) is 9.90 Å². The van der Waals surface area contributed by atoms with Gasteiger partial charge in [0.1, 0.15) is 0 Å². The van der Waals surface area contributed by atoms with Gasteiger partial charge in [-0.05, 0) is 37.3 Å². The number of aryl methyl sites for hydroxylation is 1. The minimum atomic E-state index is -0.384. The summed E-state index contributed by atoms with van der Waals surface area (Å²) >= 11 is 0. The first kappa shape index (κ1) is 14.7. The number of carbonyl (C=O) groups excluding carboxylic acids is 1. The Hall–Kier alpha value is -2.18. The van der Waals surface area contributed by atoms with E-state index in [2.05, 4.69) is 15.7 Å². The van der Waals surface area contributed by atoms with Crippen molar-refractivity contribution in [3.05, 3.63) is 47.8 Å². The predicted octanol–water partition coefficient (Wildman–Crippen LogP) is 0.491. The Labute approximate surface area is 129 Å². The molecule has 6 nitrogen and oxygen atoms in total. The van der Waals surface area contributed by atoms with Gasteiger partial charge < -0.3 is 15.7 Å². The number of nitrogens with zero attached hydrogens (tertiary/aromatic N) is 2. The molecule has 1 saturated heterocycles. The summed E-state index contributed by atoms with van der Waals surface area (Å²) in [6.07, 6.45) is 1.50. The Kier molecular flexibility index (Phi) is 4.22. The maximum atomic E-state index is 12.1. The third-order valence-corrected chi connectivity index (χ3v) is 3.95. The van der Waals surface area contributed by atoms with E-state index in [4.69, 9.17) is 0 Å². The molecule has 2 aromatic rings. The molecule has 0 spiro atoms. The van der Waals surface area contributed by atoms with Crippen LogP contribution < -0.4 is 10.6 Å². The first-order valence-corrected chi connectivity index (χ1v) is 7.43. The van der Waals surface area contributed by atoms with Crippen molar-refractivity contribution < 1.29 is 9.90 Å². The zero-order chi connectivity index (χ0) is 15.5. The van der Waals surface area contributed by atoms with Gasteiger partial charge in [-0.15, -0.1) is 0 Å². The standard InChI is InChI=1S/C16H20N4O2/c1-11-6-7-20(19-11)14-4-2-12(3-5-14)16(22)18-9-13-8-17-10-15(13)21/h2-7,13,15,17,21H,8-10H2,1H3,(H,18,22). The van der Waals surface area contributed by atoms with Gasteiger partial charge in [0.15, 0.2) is 0 Å². The summed E-state index contributed by atoms with van der Waals surface area (Å²) in [5.74, 6) is -0.0439. The van der Waals surface area contributed by atoms with E-state index < -0.39 is 0 Å². The highest BCUT2D eigenvalue weighted by Crippen LogP contribution is 2.11. The molecular formula is C16H20N4O2. The molecular weight excluding hydrogens is 280 g/mol. The predicted molar refractivity (Wildman–Crippen MR) is 83.0 cm³/mol. The molecule has 6 heteroatoms. The van der Waals surface area contributed by atoms with Crippen LogP contribution in [0.1, 0.15) is 16.1 Å². The second kappa shape index (κ2) is 6.29. The van der Waals surface area contributed by atoms with Gasteiger partial charge in [0, 0.05) is 37.3 Å². The lowest BCUT2D eigenvalue weighted by atomic mass is 10.1. The zero-order valence-corrected chi connectivity index (χ0v) is 12.5. The normalized spacial score (nSPS) is 21.0. The molecule has 3 N–H and O–H groups in total. The van der Waals surface area contributed by atoms with Crippen molar-refractivity contribution in [2.45, 2.75) is 13.0 Å². The van der Waals surface area contributed by atoms with Gasteiger partial charge in [-0.1, -0.05) is 0 Å². The average Bonchev–Trinajstić information content (AvgIpc) is 3.13. The van der Waals surface area contributed by atoms with Crippen molar-refractivity contribution in [2.24, 2.45) is 5.92 Å². The molecule has 1 aliphatic heterocycles. The van der Waals surface area contributed by atoms with Crippen molar-refractivity contribution in [2.75, 3.05) is 19.6 Å². The number of aliphatic hydroxyl groups excluding tert-OH is 1. The molecule has 1 aromatic carbocycles. The van der Waals surface area contributed by atoms with E-state index in [1.165, 1.54) is 0 Å². The molecule has 0 radical (unpaired) electrons. The van der Waals surface area contributed by atoms with E-state index in [1.807, 2.05) is 31.3 Å². The van der Waals surface area contributed by atoms with Crippen LogP contribution in [0.4, 0.5) is 0 Å². The van der Waals surface area contributed by atoms with Gasteiger partial charge in [0.2, 0.25) is 0 Å². The van der Waals surface area contributed by atoms with Gasteiger partial charge >= 0.3 is 0 Å². The van der Waals surface area contributed by atoms with Crippen LogP contribution >= 0.6 is 0 Å². The Morgan fingerprint density at radius 2 is 2.14 bits per heavy atom. The highest BCUT2D eigenvalue weighted by Gasteiger charge is 2.25. The first-order chi connectivity index (χ1) is 10.6. The number of β-amino-alcohol motifs (C(OH)–C–C–N with tert-alkyl or cyclic N) is 1.